The van der Waals surface area contributed by atoms with Crippen LogP contribution in [-0.2, 0) is 4.74 Å². The summed E-state index contributed by atoms with van der Waals surface area (Å²) in [5, 5.41) is 12.6. The van der Waals surface area contributed by atoms with Crippen molar-refractivity contribution in [3.8, 4) is 29.1 Å². The molecule has 9 heteroatoms. The Hall–Kier alpha value is -4.19. The van der Waals surface area contributed by atoms with E-state index in [0.29, 0.717) is 41.8 Å². The Kier molecular flexibility index (Phi) is 7.11. The van der Waals surface area contributed by atoms with E-state index >= 15 is 0 Å². The molecule has 1 saturated heterocycles. The summed E-state index contributed by atoms with van der Waals surface area (Å²) in [5.41, 5.74) is 1.27. The predicted octanol–water partition coefficient (Wildman–Crippen LogP) is 5.01. The first-order valence-electron chi connectivity index (χ1n) is 11.5. The number of hydrogen-bond acceptors (Lipinski definition) is 8. The predicted molar refractivity (Wildman–Crippen MR) is 131 cm³/mol. The van der Waals surface area contributed by atoms with Crippen LogP contribution >= 0.6 is 0 Å². The highest BCUT2D eigenvalue weighted by atomic mass is 16.6. The molecule has 3 heterocycles. The van der Waals surface area contributed by atoms with Crippen molar-refractivity contribution in [3.05, 3.63) is 60.6 Å². The summed E-state index contributed by atoms with van der Waals surface area (Å²) >= 11 is 0. The van der Waals surface area contributed by atoms with E-state index in [9.17, 15) is 10.1 Å². The molecule has 180 valence electrons. The van der Waals surface area contributed by atoms with Crippen molar-refractivity contribution >= 4 is 11.8 Å². The topological polar surface area (TPSA) is 113 Å². The lowest BCUT2D eigenvalue weighted by Gasteiger charge is -2.29. The number of nitriles is 1. The van der Waals surface area contributed by atoms with Gasteiger partial charge < -0.3 is 19.7 Å². The Bertz CT molecular complexity index is 1220. The van der Waals surface area contributed by atoms with Crippen molar-refractivity contribution in [2.45, 2.75) is 45.3 Å². The van der Waals surface area contributed by atoms with Crippen molar-refractivity contribution in [2.75, 3.05) is 18.4 Å². The molecule has 1 aliphatic rings. The Morgan fingerprint density at radius 1 is 1.26 bits per heavy atom. The normalized spacial score (nSPS) is 15.4. The molecule has 0 aliphatic carbocycles. The van der Waals surface area contributed by atoms with Gasteiger partial charge in [-0.2, -0.15) is 10.2 Å². The third kappa shape index (κ3) is 6.23. The fraction of sp³-hybridized carbons (Fsp3) is 0.346. The minimum Gasteiger partial charge on any atom is -0.444 e. The number of anilines is 1. The molecule has 0 spiro atoms. The van der Waals surface area contributed by atoms with Crippen LogP contribution < -0.4 is 10.1 Å². The van der Waals surface area contributed by atoms with Gasteiger partial charge in [-0.25, -0.2) is 9.78 Å². The van der Waals surface area contributed by atoms with Crippen molar-refractivity contribution in [1.82, 2.24) is 19.9 Å². The standard InChI is InChI=1S/C26H28N6O3/c1-26(2,3)35-25(33)32-12-6-9-20(32)16-29-22-17-30-23(19-8-5-11-28-15-19)31-24(22)34-21-10-4-7-18(13-21)14-27/h4-5,7-8,10-11,13,15,17,20,29H,6,9,12,16H2,1-3H3/t20-/m0/s1. The van der Waals surface area contributed by atoms with Gasteiger partial charge in [0.2, 0.25) is 5.88 Å². The number of carbonyl (C=O) groups is 1. The summed E-state index contributed by atoms with van der Waals surface area (Å²) < 4.78 is 11.6. The number of aromatic nitrogens is 3. The molecule has 2 aromatic heterocycles. The Balaban J connectivity index is 1.56. The zero-order valence-electron chi connectivity index (χ0n) is 20.1. The SMILES string of the molecule is CC(C)(C)OC(=O)N1CCC[C@H]1CNc1cnc(-c2cccnc2)nc1Oc1cccc(C#N)c1. The van der Waals surface area contributed by atoms with Gasteiger partial charge in [0.25, 0.3) is 0 Å². The first kappa shape index (κ1) is 24.0. The molecular weight excluding hydrogens is 444 g/mol. The molecule has 1 aliphatic heterocycles. The number of rotatable bonds is 6. The summed E-state index contributed by atoms with van der Waals surface area (Å²) in [6, 6.07) is 12.6. The van der Waals surface area contributed by atoms with E-state index in [-0.39, 0.29) is 12.1 Å². The number of benzene rings is 1. The third-order valence-corrected chi connectivity index (χ3v) is 5.38. The van der Waals surface area contributed by atoms with Crippen molar-refractivity contribution in [2.24, 2.45) is 0 Å². The number of nitrogens with one attached hydrogen (secondary N) is 1. The molecule has 1 amide bonds. The summed E-state index contributed by atoms with van der Waals surface area (Å²) in [5.74, 6) is 1.27. The minimum absolute atomic E-state index is 0.0300. The van der Waals surface area contributed by atoms with Crippen molar-refractivity contribution in [3.63, 3.8) is 0 Å². The van der Waals surface area contributed by atoms with Gasteiger partial charge in [0.15, 0.2) is 5.82 Å². The van der Waals surface area contributed by atoms with Crippen LogP contribution in [0.5, 0.6) is 11.6 Å². The third-order valence-electron chi connectivity index (χ3n) is 5.38. The van der Waals surface area contributed by atoms with Crippen molar-refractivity contribution < 1.29 is 14.3 Å². The molecule has 0 bridgehead atoms. The van der Waals surface area contributed by atoms with Crippen LogP contribution in [-0.4, -0.2) is 50.7 Å². The highest BCUT2D eigenvalue weighted by Crippen LogP contribution is 2.30. The molecule has 35 heavy (non-hydrogen) atoms. The maximum atomic E-state index is 12.6. The molecule has 1 aromatic carbocycles. The lowest BCUT2D eigenvalue weighted by atomic mass is 10.2. The second-order valence-electron chi connectivity index (χ2n) is 9.25. The molecule has 9 nitrogen and oxygen atoms in total. The van der Waals surface area contributed by atoms with Crippen LogP contribution in [0.1, 0.15) is 39.2 Å². The van der Waals surface area contributed by atoms with Gasteiger partial charge in [-0.1, -0.05) is 6.07 Å². The smallest absolute Gasteiger partial charge is 0.410 e. The summed E-state index contributed by atoms with van der Waals surface area (Å²) in [6.07, 6.45) is 6.48. The Labute approximate surface area is 204 Å². The van der Waals surface area contributed by atoms with Crippen LogP contribution in [0, 0.1) is 11.3 Å². The molecule has 0 radical (unpaired) electrons. The van der Waals surface area contributed by atoms with Crippen LogP contribution in [0.15, 0.2) is 55.0 Å². The van der Waals surface area contributed by atoms with E-state index in [1.54, 1.807) is 47.8 Å². The van der Waals surface area contributed by atoms with E-state index in [0.717, 1.165) is 18.4 Å². The highest BCUT2D eigenvalue weighted by molar-refractivity contribution is 5.69. The van der Waals surface area contributed by atoms with E-state index < -0.39 is 5.60 Å². The number of ether oxygens (including phenoxy) is 2. The number of hydrogen-bond donors (Lipinski definition) is 1. The number of carbonyl (C=O) groups excluding carboxylic acids is 1. The van der Waals surface area contributed by atoms with E-state index in [4.69, 9.17) is 9.47 Å². The molecule has 3 aromatic rings. The van der Waals surface area contributed by atoms with Crippen LogP contribution in [0.25, 0.3) is 11.4 Å². The maximum Gasteiger partial charge on any atom is 0.410 e. The fourth-order valence-corrected chi connectivity index (χ4v) is 3.78. The van der Waals surface area contributed by atoms with Gasteiger partial charge >= 0.3 is 6.09 Å². The molecular formula is C26H28N6O3. The molecule has 0 saturated carbocycles. The van der Waals surface area contributed by atoms with Gasteiger partial charge in [0, 0.05) is 31.0 Å². The lowest BCUT2D eigenvalue weighted by molar-refractivity contribution is 0.0235. The van der Waals surface area contributed by atoms with E-state index in [1.165, 1.54) is 0 Å². The first-order chi connectivity index (χ1) is 16.8. The Morgan fingerprint density at radius 2 is 2.11 bits per heavy atom. The number of likely N-dealkylation sites (tertiary alicyclic amines) is 1. The Morgan fingerprint density at radius 3 is 2.86 bits per heavy atom. The van der Waals surface area contributed by atoms with Crippen LogP contribution in [0.2, 0.25) is 0 Å². The summed E-state index contributed by atoms with van der Waals surface area (Å²) in [7, 11) is 0. The lowest BCUT2D eigenvalue weighted by Crippen LogP contribution is -2.42. The summed E-state index contributed by atoms with van der Waals surface area (Å²) in [4.78, 5) is 27.6. The first-order valence-corrected chi connectivity index (χ1v) is 11.5. The van der Waals surface area contributed by atoms with Gasteiger partial charge in [-0.3, -0.25) is 4.98 Å². The minimum atomic E-state index is -0.549. The second-order valence-corrected chi connectivity index (χ2v) is 9.25. The van der Waals surface area contributed by atoms with Gasteiger partial charge in [0.1, 0.15) is 17.0 Å². The fourth-order valence-electron chi connectivity index (χ4n) is 3.78. The monoisotopic (exact) mass is 472 g/mol. The average molecular weight is 473 g/mol. The van der Waals surface area contributed by atoms with Crippen LogP contribution in [0.4, 0.5) is 10.5 Å². The molecule has 0 unspecified atom stereocenters. The largest absolute Gasteiger partial charge is 0.444 e. The zero-order chi connectivity index (χ0) is 24.8. The molecule has 1 fully saturated rings. The second kappa shape index (κ2) is 10.4. The van der Waals surface area contributed by atoms with E-state index in [1.807, 2.05) is 32.9 Å². The number of pyridine rings is 1. The summed E-state index contributed by atoms with van der Waals surface area (Å²) in [6.45, 7) is 6.73. The molecule has 1 N–H and O–H groups in total. The zero-order valence-corrected chi connectivity index (χ0v) is 20.1. The molecule has 4 rings (SSSR count). The van der Waals surface area contributed by atoms with E-state index in [2.05, 4.69) is 26.3 Å². The number of nitrogens with zero attached hydrogens (tertiary/aromatic N) is 5. The van der Waals surface area contributed by atoms with Gasteiger partial charge in [-0.05, 0) is 63.9 Å². The average Bonchev–Trinajstić information content (AvgIpc) is 3.32. The van der Waals surface area contributed by atoms with Crippen molar-refractivity contribution in [1.29, 1.82) is 5.26 Å². The maximum absolute atomic E-state index is 12.6. The van der Waals surface area contributed by atoms with Crippen LogP contribution in [0.3, 0.4) is 0 Å². The van der Waals surface area contributed by atoms with Gasteiger partial charge in [-0.15, -0.1) is 0 Å². The quantitative estimate of drug-likeness (QED) is 0.532. The van der Waals surface area contributed by atoms with Gasteiger partial charge in [0.05, 0.1) is 23.9 Å². The highest BCUT2D eigenvalue weighted by Gasteiger charge is 2.32. The number of amides is 1. The molecule has 1 atom stereocenters.